The summed E-state index contributed by atoms with van der Waals surface area (Å²) in [5.74, 6) is 0.762. The van der Waals surface area contributed by atoms with Gasteiger partial charge in [0.25, 0.3) is 15.9 Å². The van der Waals surface area contributed by atoms with Gasteiger partial charge in [-0.05, 0) is 43.5 Å². The number of hydrogen-bond acceptors (Lipinski definition) is 5. The molecule has 0 saturated carbocycles. The third-order valence-corrected chi connectivity index (χ3v) is 6.23. The average molecular weight is 402 g/mol. The van der Waals surface area contributed by atoms with E-state index in [4.69, 9.17) is 9.47 Å². The van der Waals surface area contributed by atoms with E-state index in [0.717, 1.165) is 19.3 Å². The van der Waals surface area contributed by atoms with Gasteiger partial charge in [0, 0.05) is 19.2 Å². The number of rotatable bonds is 4. The second-order valence-corrected chi connectivity index (χ2v) is 8.49. The maximum Gasteiger partial charge on any atom is 0.262 e. The number of sulfonamides is 1. The van der Waals surface area contributed by atoms with Crippen molar-refractivity contribution in [3.63, 3.8) is 0 Å². The van der Waals surface area contributed by atoms with Crippen LogP contribution in [0.5, 0.6) is 11.5 Å². The molecule has 4 rings (SSSR count). The van der Waals surface area contributed by atoms with E-state index in [0.29, 0.717) is 43.4 Å². The van der Waals surface area contributed by atoms with Crippen molar-refractivity contribution in [2.24, 2.45) is 0 Å². The Morgan fingerprint density at radius 3 is 2.43 bits per heavy atom. The molecule has 2 heterocycles. The highest BCUT2D eigenvalue weighted by atomic mass is 32.2. The summed E-state index contributed by atoms with van der Waals surface area (Å²) in [5.41, 5.74) is 0.624. The van der Waals surface area contributed by atoms with E-state index in [1.807, 2.05) is 0 Å². The van der Waals surface area contributed by atoms with Crippen LogP contribution in [-0.2, 0) is 10.0 Å². The maximum absolute atomic E-state index is 12.9. The summed E-state index contributed by atoms with van der Waals surface area (Å²) in [6, 6.07) is 11.2. The van der Waals surface area contributed by atoms with Crippen LogP contribution in [0.1, 0.15) is 29.6 Å². The van der Waals surface area contributed by atoms with Crippen molar-refractivity contribution < 1.29 is 22.7 Å². The Morgan fingerprint density at radius 2 is 1.64 bits per heavy atom. The number of nitrogens with one attached hydrogen (secondary N) is 1. The quantitative estimate of drug-likeness (QED) is 0.850. The normalized spacial score (nSPS) is 16.5. The standard InChI is InChI=1S/C20H22N2O5S/c23-20(22-10-4-1-5-11-22)16-6-2-3-7-17(16)21-28(24,25)15-8-9-18-19(14-15)27-13-12-26-18/h2-3,6-9,14,21H,1,4-5,10-13H2. The molecular formula is C20H22N2O5S. The molecular weight excluding hydrogens is 380 g/mol. The first kappa shape index (κ1) is 18.6. The number of nitrogens with zero attached hydrogens (tertiary/aromatic N) is 1. The Balaban J connectivity index is 1.61. The molecule has 0 aromatic heterocycles. The van der Waals surface area contributed by atoms with Crippen molar-refractivity contribution in [2.75, 3.05) is 31.0 Å². The van der Waals surface area contributed by atoms with Crippen molar-refractivity contribution in [3.8, 4) is 11.5 Å². The van der Waals surface area contributed by atoms with E-state index >= 15 is 0 Å². The Bertz CT molecular complexity index is 984. The number of anilines is 1. The van der Waals surface area contributed by atoms with Gasteiger partial charge in [0.1, 0.15) is 13.2 Å². The molecule has 8 heteroatoms. The predicted molar refractivity (Wildman–Crippen MR) is 104 cm³/mol. The molecule has 0 radical (unpaired) electrons. The lowest BCUT2D eigenvalue weighted by Gasteiger charge is -2.27. The van der Waals surface area contributed by atoms with E-state index < -0.39 is 10.0 Å². The fourth-order valence-electron chi connectivity index (χ4n) is 3.42. The van der Waals surface area contributed by atoms with Crippen molar-refractivity contribution in [3.05, 3.63) is 48.0 Å². The minimum Gasteiger partial charge on any atom is -0.486 e. The molecule has 2 aliphatic rings. The third kappa shape index (κ3) is 3.77. The molecule has 2 aromatic rings. The molecule has 2 aliphatic heterocycles. The van der Waals surface area contributed by atoms with Gasteiger partial charge in [-0.1, -0.05) is 12.1 Å². The topological polar surface area (TPSA) is 84.9 Å². The lowest BCUT2D eigenvalue weighted by molar-refractivity contribution is 0.0725. The number of amides is 1. The summed E-state index contributed by atoms with van der Waals surface area (Å²) in [5, 5.41) is 0. The van der Waals surface area contributed by atoms with Crippen LogP contribution in [0, 0.1) is 0 Å². The minimum absolute atomic E-state index is 0.0528. The van der Waals surface area contributed by atoms with Crippen molar-refractivity contribution >= 4 is 21.6 Å². The zero-order chi connectivity index (χ0) is 19.6. The summed E-state index contributed by atoms with van der Waals surface area (Å²) in [7, 11) is -3.89. The third-order valence-electron chi connectivity index (χ3n) is 4.87. The molecule has 1 fully saturated rings. The molecule has 1 amide bonds. The van der Waals surface area contributed by atoms with Gasteiger partial charge >= 0.3 is 0 Å². The second-order valence-electron chi connectivity index (χ2n) is 6.81. The van der Waals surface area contributed by atoms with E-state index in [-0.39, 0.29) is 16.5 Å². The second kappa shape index (κ2) is 7.71. The van der Waals surface area contributed by atoms with E-state index in [9.17, 15) is 13.2 Å². The Morgan fingerprint density at radius 1 is 0.929 bits per heavy atom. The average Bonchev–Trinajstić information content (AvgIpc) is 2.73. The largest absolute Gasteiger partial charge is 0.486 e. The molecule has 0 atom stereocenters. The van der Waals surface area contributed by atoms with Crippen LogP contribution < -0.4 is 14.2 Å². The maximum atomic E-state index is 12.9. The molecule has 148 valence electrons. The number of benzene rings is 2. The van der Waals surface area contributed by atoms with Gasteiger partial charge in [-0.2, -0.15) is 0 Å². The molecule has 0 bridgehead atoms. The van der Waals surface area contributed by atoms with E-state index in [1.165, 1.54) is 12.1 Å². The van der Waals surface area contributed by atoms with Crippen LogP contribution in [-0.4, -0.2) is 45.5 Å². The number of likely N-dealkylation sites (tertiary alicyclic amines) is 1. The highest BCUT2D eigenvalue weighted by Crippen LogP contribution is 2.33. The molecule has 2 aromatic carbocycles. The molecule has 1 saturated heterocycles. The van der Waals surface area contributed by atoms with Crippen molar-refractivity contribution in [1.29, 1.82) is 0 Å². The number of piperidine rings is 1. The van der Waals surface area contributed by atoms with Gasteiger partial charge in [0.05, 0.1) is 16.1 Å². The van der Waals surface area contributed by atoms with Crippen LogP contribution in [0.25, 0.3) is 0 Å². The number of fused-ring (bicyclic) bond motifs is 1. The fraction of sp³-hybridized carbons (Fsp3) is 0.350. The summed E-state index contributed by atoms with van der Waals surface area (Å²) in [6.07, 6.45) is 3.05. The first-order chi connectivity index (χ1) is 13.5. The Hall–Kier alpha value is -2.74. The van der Waals surface area contributed by atoms with Gasteiger partial charge in [0.2, 0.25) is 0 Å². The Labute approximate surface area is 164 Å². The highest BCUT2D eigenvalue weighted by molar-refractivity contribution is 7.92. The fourth-order valence-corrected chi connectivity index (χ4v) is 4.52. The zero-order valence-corrected chi connectivity index (χ0v) is 16.2. The smallest absolute Gasteiger partial charge is 0.262 e. The first-order valence-corrected chi connectivity index (χ1v) is 10.8. The SMILES string of the molecule is O=C(c1ccccc1NS(=O)(=O)c1ccc2c(c1)OCCO2)N1CCCCC1. The van der Waals surface area contributed by atoms with Crippen LogP contribution >= 0.6 is 0 Å². The summed E-state index contributed by atoms with van der Waals surface area (Å²) in [6.45, 7) is 2.20. The van der Waals surface area contributed by atoms with Crippen molar-refractivity contribution in [2.45, 2.75) is 24.2 Å². The van der Waals surface area contributed by atoms with Crippen LogP contribution in [0.2, 0.25) is 0 Å². The highest BCUT2D eigenvalue weighted by Gasteiger charge is 2.24. The van der Waals surface area contributed by atoms with E-state index in [2.05, 4.69) is 4.72 Å². The van der Waals surface area contributed by atoms with Crippen LogP contribution in [0.15, 0.2) is 47.4 Å². The number of carbonyl (C=O) groups is 1. The van der Waals surface area contributed by atoms with Crippen LogP contribution in [0.3, 0.4) is 0 Å². The predicted octanol–water partition coefficient (Wildman–Crippen LogP) is 2.88. The van der Waals surface area contributed by atoms with Gasteiger partial charge in [-0.15, -0.1) is 0 Å². The Kier molecular flexibility index (Phi) is 5.13. The summed E-state index contributed by atoms with van der Waals surface area (Å²) in [4.78, 5) is 14.7. The molecule has 7 nitrogen and oxygen atoms in total. The molecule has 28 heavy (non-hydrogen) atoms. The molecule has 1 N–H and O–H groups in total. The van der Waals surface area contributed by atoms with Crippen molar-refractivity contribution in [1.82, 2.24) is 4.90 Å². The summed E-state index contributed by atoms with van der Waals surface area (Å²) >= 11 is 0. The molecule has 0 unspecified atom stereocenters. The number of ether oxygens (including phenoxy) is 2. The summed E-state index contributed by atoms with van der Waals surface area (Å²) < 4.78 is 39.3. The monoisotopic (exact) mass is 402 g/mol. The lowest BCUT2D eigenvalue weighted by atomic mass is 10.1. The molecule has 0 aliphatic carbocycles. The number of hydrogen-bond donors (Lipinski definition) is 1. The minimum atomic E-state index is -3.89. The van der Waals surface area contributed by atoms with Gasteiger partial charge in [-0.25, -0.2) is 8.42 Å². The van der Waals surface area contributed by atoms with Crippen LogP contribution in [0.4, 0.5) is 5.69 Å². The zero-order valence-electron chi connectivity index (χ0n) is 15.4. The van der Waals surface area contributed by atoms with Gasteiger partial charge < -0.3 is 14.4 Å². The van der Waals surface area contributed by atoms with Gasteiger partial charge in [-0.3, -0.25) is 9.52 Å². The number of para-hydroxylation sites is 1. The first-order valence-electron chi connectivity index (χ1n) is 9.35. The van der Waals surface area contributed by atoms with E-state index in [1.54, 1.807) is 35.2 Å². The molecule has 0 spiro atoms. The van der Waals surface area contributed by atoms with Gasteiger partial charge in [0.15, 0.2) is 11.5 Å². The lowest BCUT2D eigenvalue weighted by Crippen LogP contribution is -2.36. The number of carbonyl (C=O) groups excluding carboxylic acids is 1.